The molecule has 8 heteroatoms. The average molecular weight is 435 g/mol. The van der Waals surface area contributed by atoms with Crippen molar-refractivity contribution in [3.8, 4) is 27.8 Å². The SMILES string of the molecule is COc1cc(CNc2nc(C)c(-c3ccn(Cc4ccccc4)n3)s2)cc2c1OCO2. The van der Waals surface area contributed by atoms with Gasteiger partial charge in [0.1, 0.15) is 5.69 Å². The van der Waals surface area contributed by atoms with Crippen molar-refractivity contribution in [2.24, 2.45) is 0 Å². The van der Waals surface area contributed by atoms with Gasteiger partial charge in [0.25, 0.3) is 0 Å². The number of nitrogens with one attached hydrogen (secondary N) is 1. The van der Waals surface area contributed by atoms with Crippen molar-refractivity contribution in [1.82, 2.24) is 14.8 Å². The van der Waals surface area contributed by atoms with Gasteiger partial charge in [-0.25, -0.2) is 4.98 Å². The van der Waals surface area contributed by atoms with Gasteiger partial charge in [-0.2, -0.15) is 5.10 Å². The third-order valence-electron chi connectivity index (χ3n) is 5.02. The van der Waals surface area contributed by atoms with Crippen molar-refractivity contribution < 1.29 is 14.2 Å². The molecule has 5 rings (SSSR count). The molecule has 4 aromatic rings. The summed E-state index contributed by atoms with van der Waals surface area (Å²) in [5.74, 6) is 2.03. The third kappa shape index (κ3) is 4.06. The molecule has 0 spiro atoms. The number of ether oxygens (including phenoxy) is 3. The molecule has 2 aromatic carbocycles. The lowest BCUT2D eigenvalue weighted by Crippen LogP contribution is -1.99. The van der Waals surface area contributed by atoms with Gasteiger partial charge >= 0.3 is 0 Å². The van der Waals surface area contributed by atoms with E-state index in [9.17, 15) is 0 Å². The van der Waals surface area contributed by atoms with Gasteiger partial charge in [-0.05, 0) is 36.2 Å². The van der Waals surface area contributed by atoms with Crippen LogP contribution in [0.1, 0.15) is 16.8 Å². The molecule has 0 saturated heterocycles. The van der Waals surface area contributed by atoms with Gasteiger partial charge in [0.05, 0.1) is 24.2 Å². The number of hydrogen-bond donors (Lipinski definition) is 1. The van der Waals surface area contributed by atoms with Crippen LogP contribution in [0.2, 0.25) is 0 Å². The van der Waals surface area contributed by atoms with E-state index in [0.29, 0.717) is 23.8 Å². The third-order valence-corrected chi connectivity index (χ3v) is 6.16. The maximum absolute atomic E-state index is 5.51. The highest BCUT2D eigenvalue weighted by Gasteiger charge is 2.20. The van der Waals surface area contributed by atoms with Crippen LogP contribution in [-0.4, -0.2) is 28.7 Å². The standard InChI is InChI=1S/C23H22N4O3S/c1-15-22(18-8-9-27(26-18)13-16-6-4-3-5-7-16)31-23(25-15)24-12-17-10-19(28-2)21-20(11-17)29-14-30-21/h3-11H,12-14H2,1-2H3,(H,24,25). The Morgan fingerprint density at radius 2 is 2.00 bits per heavy atom. The minimum absolute atomic E-state index is 0.217. The Balaban J connectivity index is 1.29. The van der Waals surface area contributed by atoms with Crippen LogP contribution in [-0.2, 0) is 13.1 Å². The van der Waals surface area contributed by atoms with Crippen molar-refractivity contribution in [3.63, 3.8) is 0 Å². The quantitative estimate of drug-likeness (QED) is 0.454. The van der Waals surface area contributed by atoms with Crippen LogP contribution in [0, 0.1) is 6.92 Å². The molecule has 0 saturated carbocycles. The predicted molar refractivity (Wildman–Crippen MR) is 120 cm³/mol. The van der Waals surface area contributed by atoms with E-state index in [1.54, 1.807) is 18.4 Å². The van der Waals surface area contributed by atoms with Crippen LogP contribution >= 0.6 is 11.3 Å². The number of fused-ring (bicyclic) bond motifs is 1. The van der Waals surface area contributed by atoms with E-state index in [2.05, 4.69) is 22.4 Å². The highest BCUT2D eigenvalue weighted by atomic mass is 32.1. The van der Waals surface area contributed by atoms with E-state index < -0.39 is 0 Å². The molecule has 1 aliphatic heterocycles. The molecule has 1 aliphatic rings. The number of thiazole rings is 1. The van der Waals surface area contributed by atoms with Gasteiger partial charge in [-0.1, -0.05) is 41.7 Å². The Morgan fingerprint density at radius 1 is 1.13 bits per heavy atom. The van der Waals surface area contributed by atoms with Crippen LogP contribution in [0.3, 0.4) is 0 Å². The van der Waals surface area contributed by atoms with E-state index in [-0.39, 0.29) is 6.79 Å². The fourth-order valence-electron chi connectivity index (χ4n) is 3.51. The van der Waals surface area contributed by atoms with Crippen LogP contribution in [0.5, 0.6) is 17.2 Å². The number of methoxy groups -OCH3 is 1. The second kappa shape index (κ2) is 8.31. The van der Waals surface area contributed by atoms with Crippen molar-refractivity contribution in [3.05, 3.63) is 71.5 Å². The molecule has 158 valence electrons. The van der Waals surface area contributed by atoms with Crippen molar-refractivity contribution in [2.45, 2.75) is 20.0 Å². The van der Waals surface area contributed by atoms with Crippen LogP contribution < -0.4 is 19.5 Å². The molecule has 0 fully saturated rings. The lowest BCUT2D eigenvalue weighted by molar-refractivity contribution is 0.171. The van der Waals surface area contributed by atoms with Gasteiger partial charge < -0.3 is 19.5 Å². The van der Waals surface area contributed by atoms with Crippen molar-refractivity contribution >= 4 is 16.5 Å². The molecule has 2 aromatic heterocycles. The first-order valence-electron chi connectivity index (χ1n) is 9.95. The first kappa shape index (κ1) is 19.4. The summed E-state index contributed by atoms with van der Waals surface area (Å²) in [5, 5.41) is 8.99. The fraction of sp³-hybridized carbons (Fsp3) is 0.217. The van der Waals surface area contributed by atoms with E-state index in [1.807, 2.05) is 54.2 Å². The van der Waals surface area contributed by atoms with Crippen LogP contribution in [0.15, 0.2) is 54.7 Å². The summed E-state index contributed by atoms with van der Waals surface area (Å²) < 4.78 is 18.3. The molecular weight excluding hydrogens is 412 g/mol. The number of benzene rings is 2. The van der Waals surface area contributed by atoms with Gasteiger partial charge in [0.15, 0.2) is 16.6 Å². The predicted octanol–water partition coefficient (Wildman–Crippen LogP) is 4.71. The average Bonchev–Trinajstić information content (AvgIpc) is 3.52. The van der Waals surface area contributed by atoms with Crippen molar-refractivity contribution in [2.75, 3.05) is 19.2 Å². The van der Waals surface area contributed by atoms with E-state index >= 15 is 0 Å². The van der Waals surface area contributed by atoms with Gasteiger partial charge in [-0.15, -0.1) is 0 Å². The topological polar surface area (TPSA) is 70.4 Å². The Morgan fingerprint density at radius 3 is 2.84 bits per heavy atom. The Labute approximate surface area is 184 Å². The van der Waals surface area contributed by atoms with Crippen LogP contribution in [0.4, 0.5) is 5.13 Å². The highest BCUT2D eigenvalue weighted by Crippen LogP contribution is 2.42. The number of anilines is 1. The smallest absolute Gasteiger partial charge is 0.231 e. The van der Waals surface area contributed by atoms with E-state index in [4.69, 9.17) is 19.3 Å². The lowest BCUT2D eigenvalue weighted by atomic mass is 10.2. The molecule has 1 N–H and O–H groups in total. The molecule has 0 radical (unpaired) electrons. The second-order valence-corrected chi connectivity index (χ2v) is 8.20. The molecule has 0 bridgehead atoms. The Bertz CT molecular complexity index is 1200. The van der Waals surface area contributed by atoms with Gasteiger partial charge in [-0.3, -0.25) is 4.68 Å². The number of rotatable bonds is 7. The molecule has 7 nitrogen and oxygen atoms in total. The summed E-state index contributed by atoms with van der Waals surface area (Å²) >= 11 is 1.60. The molecule has 3 heterocycles. The first-order chi connectivity index (χ1) is 15.2. The lowest BCUT2D eigenvalue weighted by Gasteiger charge is -2.08. The molecule has 0 atom stereocenters. The summed E-state index contributed by atoms with van der Waals surface area (Å²) in [7, 11) is 1.63. The van der Waals surface area contributed by atoms with Crippen LogP contribution in [0.25, 0.3) is 10.6 Å². The molecular formula is C23H22N4O3S. The largest absolute Gasteiger partial charge is 0.493 e. The fourth-order valence-corrected chi connectivity index (χ4v) is 4.44. The Kier molecular flexibility index (Phi) is 5.21. The summed E-state index contributed by atoms with van der Waals surface area (Å²) in [6, 6.07) is 16.3. The number of aryl methyl sites for hydroxylation is 1. The molecule has 0 aliphatic carbocycles. The minimum Gasteiger partial charge on any atom is -0.493 e. The molecule has 31 heavy (non-hydrogen) atoms. The summed E-state index contributed by atoms with van der Waals surface area (Å²) in [5.41, 5.74) is 4.15. The maximum Gasteiger partial charge on any atom is 0.231 e. The minimum atomic E-state index is 0.217. The zero-order valence-electron chi connectivity index (χ0n) is 17.3. The number of nitrogens with zero attached hydrogens (tertiary/aromatic N) is 3. The molecule has 0 unspecified atom stereocenters. The molecule has 0 amide bonds. The van der Waals surface area contributed by atoms with Gasteiger partial charge in [0.2, 0.25) is 12.5 Å². The summed E-state index contributed by atoms with van der Waals surface area (Å²) in [4.78, 5) is 5.75. The second-order valence-electron chi connectivity index (χ2n) is 7.20. The highest BCUT2D eigenvalue weighted by molar-refractivity contribution is 7.19. The summed E-state index contributed by atoms with van der Waals surface area (Å²) in [6.45, 7) is 3.57. The van der Waals surface area contributed by atoms with Gasteiger partial charge in [0, 0.05) is 12.7 Å². The monoisotopic (exact) mass is 434 g/mol. The van der Waals surface area contributed by atoms with Crippen molar-refractivity contribution in [1.29, 1.82) is 0 Å². The maximum atomic E-state index is 5.51. The number of hydrogen-bond acceptors (Lipinski definition) is 7. The normalized spacial score (nSPS) is 12.2. The zero-order valence-corrected chi connectivity index (χ0v) is 18.1. The van der Waals surface area contributed by atoms with E-state index in [1.165, 1.54) is 5.56 Å². The summed E-state index contributed by atoms with van der Waals surface area (Å²) in [6.07, 6.45) is 2.01. The zero-order chi connectivity index (χ0) is 21.2. The Hall–Kier alpha value is -3.52. The number of aromatic nitrogens is 3. The first-order valence-corrected chi connectivity index (χ1v) is 10.8. The van der Waals surface area contributed by atoms with E-state index in [0.717, 1.165) is 33.5 Å².